The van der Waals surface area contributed by atoms with Gasteiger partial charge in [0.15, 0.2) is 19.9 Å². The van der Waals surface area contributed by atoms with Crippen molar-refractivity contribution >= 4 is 43.1 Å². The minimum atomic E-state index is -4.34. The van der Waals surface area contributed by atoms with Gasteiger partial charge < -0.3 is 10.6 Å². The van der Waals surface area contributed by atoms with Gasteiger partial charge in [-0.15, -0.1) is 0 Å². The highest BCUT2D eigenvalue weighted by atomic mass is 32.3. The van der Waals surface area contributed by atoms with E-state index in [1.165, 1.54) is 24.3 Å². The van der Waals surface area contributed by atoms with Gasteiger partial charge in [-0.1, -0.05) is 33.8 Å². The predicted octanol–water partition coefficient (Wildman–Crippen LogP) is 2.65. The molecule has 0 fully saturated rings. The van der Waals surface area contributed by atoms with Gasteiger partial charge in [-0.25, -0.2) is 26.8 Å². The van der Waals surface area contributed by atoms with Crippen LogP contribution in [-0.2, 0) is 29.3 Å². The van der Waals surface area contributed by atoms with Crippen LogP contribution in [0.5, 0.6) is 0 Å². The second-order valence-corrected chi connectivity index (χ2v) is 12.7. The summed E-state index contributed by atoms with van der Waals surface area (Å²) in [4.78, 5) is 31.2. The molecule has 0 aliphatic heterocycles. The number of pyridine rings is 2. The Kier molecular flexibility index (Phi) is 8.67. The molecule has 0 aromatic carbocycles. The number of carbonyl (C=O) groups excluding carboxylic acids is 2. The second-order valence-electron chi connectivity index (χ2n) is 8.38. The van der Waals surface area contributed by atoms with Gasteiger partial charge in [-0.3, -0.25) is 9.59 Å². The Morgan fingerprint density at radius 2 is 1.39 bits per heavy atom. The van der Waals surface area contributed by atoms with Crippen LogP contribution in [0.1, 0.15) is 40.5 Å². The number of carbonyl (C=O) groups is 2. The number of nitrogens with zero attached hydrogens (tertiary/aromatic N) is 2. The van der Waals surface area contributed by atoms with Gasteiger partial charge in [0.05, 0.1) is 4.90 Å². The fourth-order valence-corrected chi connectivity index (χ4v) is 6.43. The van der Waals surface area contributed by atoms with Crippen molar-refractivity contribution in [2.24, 2.45) is 11.8 Å². The Balaban J connectivity index is 2.16. The lowest BCUT2D eigenvalue weighted by atomic mass is 10.1. The highest BCUT2D eigenvalue weighted by Gasteiger charge is 2.28. The first-order chi connectivity index (χ1) is 15.3. The summed E-state index contributed by atoms with van der Waals surface area (Å²) in [6.07, 6.45) is 1.50. The summed E-state index contributed by atoms with van der Waals surface area (Å²) in [5, 5.41) is 3.36. The molecule has 0 radical (unpaired) electrons. The minimum absolute atomic E-state index is 0.0160. The molecule has 12 heteroatoms. The van der Waals surface area contributed by atoms with E-state index in [9.17, 15) is 26.4 Å². The van der Waals surface area contributed by atoms with Crippen molar-refractivity contribution in [2.45, 2.75) is 50.5 Å². The molecule has 0 atom stereocenters. The third-order valence-electron chi connectivity index (χ3n) is 4.17. The topological polar surface area (TPSA) is 152 Å². The second kappa shape index (κ2) is 10.8. The van der Waals surface area contributed by atoms with Gasteiger partial charge in [0.25, 0.3) is 0 Å². The number of hydrogen-bond acceptors (Lipinski definition) is 8. The molecule has 0 aliphatic rings. The van der Waals surface area contributed by atoms with Crippen LogP contribution in [-0.4, -0.2) is 43.7 Å². The molecule has 0 spiro atoms. The fourth-order valence-electron chi connectivity index (χ4n) is 2.76. The van der Waals surface area contributed by atoms with Crippen LogP contribution >= 0.6 is 0 Å². The van der Waals surface area contributed by atoms with Crippen LogP contribution in [0.15, 0.2) is 46.5 Å². The third kappa shape index (κ3) is 8.21. The average Bonchev–Trinajstić information content (AvgIpc) is 2.66. The normalized spacial score (nSPS) is 12.1. The Bertz CT molecular complexity index is 1210. The van der Waals surface area contributed by atoms with Gasteiger partial charge in [0.2, 0.25) is 21.7 Å². The Morgan fingerprint density at radius 1 is 0.818 bits per heavy atom. The van der Waals surface area contributed by atoms with Crippen molar-refractivity contribution in [3.63, 3.8) is 0 Å². The number of aromatic nitrogens is 2. The fraction of sp³-hybridized carbons (Fsp3) is 0.429. The molecule has 180 valence electrons. The van der Waals surface area contributed by atoms with Gasteiger partial charge in [0.1, 0.15) is 11.6 Å². The van der Waals surface area contributed by atoms with Crippen molar-refractivity contribution < 1.29 is 26.4 Å². The largest absolute Gasteiger partial charge is 0.311 e. The van der Waals surface area contributed by atoms with E-state index in [0.717, 1.165) is 12.3 Å². The number of nitrogens with one attached hydrogen (secondary N) is 2. The van der Waals surface area contributed by atoms with E-state index in [2.05, 4.69) is 20.6 Å². The van der Waals surface area contributed by atoms with Crippen molar-refractivity contribution in [1.29, 1.82) is 0 Å². The molecule has 0 aliphatic carbocycles. The number of amides is 2. The molecule has 0 unspecified atom stereocenters. The highest BCUT2D eigenvalue weighted by molar-refractivity contribution is 8.08. The zero-order valence-corrected chi connectivity index (χ0v) is 20.5. The summed E-state index contributed by atoms with van der Waals surface area (Å²) < 4.78 is 50.8. The van der Waals surface area contributed by atoms with Crippen molar-refractivity contribution in [3.05, 3.63) is 36.5 Å². The van der Waals surface area contributed by atoms with Crippen LogP contribution in [0, 0.1) is 11.8 Å². The average molecular weight is 497 g/mol. The molecular weight excluding hydrogens is 468 g/mol. The molecule has 0 saturated heterocycles. The summed E-state index contributed by atoms with van der Waals surface area (Å²) in [5.74, 6) is -0.166. The molecule has 2 aromatic heterocycles. The quantitative estimate of drug-likeness (QED) is 0.509. The molecule has 2 aromatic rings. The highest BCUT2D eigenvalue weighted by Crippen LogP contribution is 2.19. The third-order valence-corrected chi connectivity index (χ3v) is 8.48. The molecular formula is C21H28N4O6S2. The molecule has 0 saturated carbocycles. The van der Waals surface area contributed by atoms with Gasteiger partial charge in [-0.05, 0) is 36.1 Å². The van der Waals surface area contributed by atoms with E-state index in [1.807, 2.05) is 27.7 Å². The molecule has 2 amide bonds. The van der Waals surface area contributed by atoms with Crippen LogP contribution in [0.3, 0.4) is 0 Å². The van der Waals surface area contributed by atoms with E-state index in [4.69, 9.17) is 0 Å². The summed E-state index contributed by atoms with van der Waals surface area (Å²) in [5.41, 5.74) is 0. The molecule has 33 heavy (non-hydrogen) atoms. The lowest BCUT2D eigenvalue weighted by Gasteiger charge is -2.10. The summed E-state index contributed by atoms with van der Waals surface area (Å²) >= 11 is 0. The minimum Gasteiger partial charge on any atom is -0.311 e. The number of hydrogen-bond donors (Lipinski definition) is 2. The number of sulfone groups is 2. The summed E-state index contributed by atoms with van der Waals surface area (Å²) in [7, 11) is -8.61. The van der Waals surface area contributed by atoms with Crippen LogP contribution in [0.2, 0.25) is 0 Å². The van der Waals surface area contributed by atoms with Gasteiger partial charge in [-0.2, -0.15) is 0 Å². The maximum Gasteiger partial charge on any atom is 0.225 e. The van der Waals surface area contributed by atoms with Crippen LogP contribution in [0.25, 0.3) is 0 Å². The SMILES string of the molecule is CC(C)CC(=O)Nc1ccc(S(=O)(=O)CS(=O)(=O)c2cccc(NC(=O)CC(C)C)n2)cn1. The monoisotopic (exact) mass is 496 g/mol. The molecule has 10 nitrogen and oxygen atoms in total. The Morgan fingerprint density at radius 3 is 1.91 bits per heavy atom. The van der Waals surface area contributed by atoms with E-state index in [1.54, 1.807) is 0 Å². The molecule has 2 N–H and O–H groups in total. The lowest BCUT2D eigenvalue weighted by Crippen LogP contribution is -2.20. The van der Waals surface area contributed by atoms with Crippen LogP contribution < -0.4 is 10.6 Å². The van der Waals surface area contributed by atoms with E-state index >= 15 is 0 Å². The van der Waals surface area contributed by atoms with Gasteiger partial charge >= 0.3 is 0 Å². The molecule has 0 bridgehead atoms. The summed E-state index contributed by atoms with van der Waals surface area (Å²) in [6, 6.07) is 6.42. The maximum absolute atomic E-state index is 12.7. The van der Waals surface area contributed by atoms with Crippen molar-refractivity contribution in [1.82, 2.24) is 9.97 Å². The first-order valence-electron chi connectivity index (χ1n) is 10.3. The number of anilines is 2. The van der Waals surface area contributed by atoms with Crippen molar-refractivity contribution in [2.75, 3.05) is 15.7 Å². The standard InChI is InChI=1S/C21H28N4O6S2/c1-14(2)10-19(26)23-17-9-8-16(12-22-17)32(28,29)13-33(30,31)21-7-5-6-18(25-21)24-20(27)11-15(3)4/h5-9,12,14-15H,10-11,13H2,1-4H3,(H,22,23,26)(H,24,25,27). The first-order valence-corrected chi connectivity index (χ1v) is 13.6. The first kappa shape index (κ1) is 26.4. The predicted molar refractivity (Wildman–Crippen MR) is 124 cm³/mol. The Hall–Kier alpha value is -2.86. The van der Waals surface area contributed by atoms with Crippen LogP contribution in [0.4, 0.5) is 11.6 Å². The number of rotatable bonds is 10. The maximum atomic E-state index is 12.7. The van der Waals surface area contributed by atoms with Crippen molar-refractivity contribution in [3.8, 4) is 0 Å². The Labute approximate surface area is 194 Å². The van der Waals surface area contributed by atoms with E-state index in [-0.39, 0.29) is 53.0 Å². The zero-order valence-electron chi connectivity index (χ0n) is 18.9. The lowest BCUT2D eigenvalue weighted by molar-refractivity contribution is -0.117. The molecule has 2 rings (SSSR count). The van der Waals surface area contributed by atoms with E-state index < -0.39 is 29.8 Å². The van der Waals surface area contributed by atoms with Gasteiger partial charge in [0, 0.05) is 19.0 Å². The summed E-state index contributed by atoms with van der Waals surface area (Å²) in [6.45, 7) is 7.49. The van der Waals surface area contributed by atoms with E-state index in [0.29, 0.717) is 0 Å². The zero-order chi connectivity index (χ0) is 24.8. The smallest absolute Gasteiger partial charge is 0.225 e. The molecule has 2 heterocycles.